The molecule has 0 radical (unpaired) electrons. The molecule has 0 unspecified atom stereocenters. The molecule has 1 aromatic rings. The van der Waals surface area contributed by atoms with Crippen molar-refractivity contribution in [2.45, 2.75) is 44.2 Å². The van der Waals surface area contributed by atoms with Gasteiger partial charge in [0.1, 0.15) is 11.4 Å². The predicted octanol–water partition coefficient (Wildman–Crippen LogP) is 1.87. The molecule has 0 aromatic carbocycles. The lowest BCUT2D eigenvalue weighted by atomic mass is 9.97. The second kappa shape index (κ2) is 5.22. The molecule has 6 nitrogen and oxygen atoms in total. The number of rotatable bonds is 2. The van der Waals surface area contributed by atoms with E-state index in [-0.39, 0.29) is 18.0 Å². The smallest absolute Gasteiger partial charge is 0.327 e. The van der Waals surface area contributed by atoms with E-state index in [2.05, 4.69) is 9.88 Å². The molecule has 0 bridgehead atoms. The molecule has 0 saturated carbocycles. The normalized spacial score (nSPS) is 28.7. The molecule has 0 aliphatic carbocycles. The molecule has 3 saturated heterocycles. The van der Waals surface area contributed by atoms with Crippen LogP contribution < -0.4 is 4.90 Å². The number of carbonyl (C=O) groups is 2. The molecule has 1 aromatic heterocycles. The van der Waals surface area contributed by atoms with Gasteiger partial charge in [0.15, 0.2) is 0 Å². The lowest BCUT2D eigenvalue weighted by molar-refractivity contribution is -0.133. The highest BCUT2D eigenvalue weighted by molar-refractivity contribution is 6.07. The summed E-state index contributed by atoms with van der Waals surface area (Å²) in [5, 5.41) is 0. The third kappa shape index (κ3) is 2.11. The minimum absolute atomic E-state index is 0.0105. The Morgan fingerprint density at radius 1 is 1.17 bits per heavy atom. The van der Waals surface area contributed by atoms with Crippen LogP contribution in [0.4, 0.5) is 10.6 Å². The van der Waals surface area contributed by atoms with Crippen LogP contribution in [-0.4, -0.2) is 57.9 Å². The van der Waals surface area contributed by atoms with Crippen LogP contribution in [-0.2, 0) is 4.79 Å². The van der Waals surface area contributed by atoms with Crippen LogP contribution in [0.15, 0.2) is 24.4 Å². The summed E-state index contributed by atoms with van der Waals surface area (Å²) in [6.07, 6.45) is 5.15. The van der Waals surface area contributed by atoms with Gasteiger partial charge in [-0.2, -0.15) is 0 Å². The van der Waals surface area contributed by atoms with Gasteiger partial charge in [-0.05, 0) is 44.7 Å². The summed E-state index contributed by atoms with van der Waals surface area (Å²) < 4.78 is 0. The van der Waals surface area contributed by atoms with Crippen molar-refractivity contribution in [1.29, 1.82) is 0 Å². The molecular formula is C17H22N4O2. The first-order valence-electron chi connectivity index (χ1n) is 8.42. The van der Waals surface area contributed by atoms with E-state index in [0.717, 1.165) is 44.6 Å². The SMILES string of the molecule is C[C@]12CCCN1C(=O)N(C1CCN(c3ccccn3)CC1)C2=O. The van der Waals surface area contributed by atoms with Crippen molar-refractivity contribution in [3.8, 4) is 0 Å². The van der Waals surface area contributed by atoms with Crippen LogP contribution >= 0.6 is 0 Å². The average Bonchev–Trinajstić information content (AvgIpc) is 3.06. The number of urea groups is 1. The molecular weight excluding hydrogens is 292 g/mol. The van der Waals surface area contributed by atoms with Gasteiger partial charge in [-0.3, -0.25) is 9.69 Å². The molecule has 0 spiro atoms. The van der Waals surface area contributed by atoms with Gasteiger partial charge in [0.05, 0.1) is 0 Å². The van der Waals surface area contributed by atoms with E-state index in [1.807, 2.05) is 25.1 Å². The molecule has 3 amide bonds. The van der Waals surface area contributed by atoms with Crippen molar-refractivity contribution in [2.24, 2.45) is 0 Å². The first-order valence-corrected chi connectivity index (χ1v) is 8.42. The summed E-state index contributed by atoms with van der Waals surface area (Å²) in [4.78, 5) is 35.4. The third-order valence-electron chi connectivity index (χ3n) is 5.56. The Hall–Kier alpha value is -2.11. The molecule has 3 fully saturated rings. The highest BCUT2D eigenvalue weighted by Gasteiger charge is 2.58. The molecule has 122 valence electrons. The Labute approximate surface area is 136 Å². The van der Waals surface area contributed by atoms with Crippen LogP contribution in [0, 0.1) is 0 Å². The van der Waals surface area contributed by atoms with E-state index in [1.54, 1.807) is 16.0 Å². The lowest BCUT2D eigenvalue weighted by Gasteiger charge is -2.36. The Bertz CT molecular complexity index is 627. The number of fused-ring (bicyclic) bond motifs is 1. The van der Waals surface area contributed by atoms with E-state index >= 15 is 0 Å². The molecule has 4 heterocycles. The predicted molar refractivity (Wildman–Crippen MR) is 86.1 cm³/mol. The maximum atomic E-state index is 12.8. The van der Waals surface area contributed by atoms with Crippen LogP contribution in [0.2, 0.25) is 0 Å². The lowest BCUT2D eigenvalue weighted by Crippen LogP contribution is -2.49. The van der Waals surface area contributed by atoms with E-state index in [4.69, 9.17) is 0 Å². The monoisotopic (exact) mass is 314 g/mol. The molecule has 1 atom stereocenters. The van der Waals surface area contributed by atoms with Gasteiger partial charge in [-0.15, -0.1) is 0 Å². The summed E-state index contributed by atoms with van der Waals surface area (Å²) in [5.74, 6) is 0.980. The van der Waals surface area contributed by atoms with Gasteiger partial charge in [0, 0.05) is 31.9 Å². The Morgan fingerprint density at radius 2 is 1.96 bits per heavy atom. The number of imide groups is 1. The highest BCUT2D eigenvalue weighted by Crippen LogP contribution is 2.39. The van der Waals surface area contributed by atoms with Crippen molar-refractivity contribution in [1.82, 2.24) is 14.8 Å². The van der Waals surface area contributed by atoms with Gasteiger partial charge in [-0.25, -0.2) is 9.78 Å². The standard InChI is InChI=1S/C17H22N4O2/c1-17-8-4-10-20(17)16(23)21(15(17)22)13-6-11-19(12-7-13)14-5-2-3-9-18-14/h2-3,5,9,13H,4,6-8,10-12H2,1H3/t17-/m1/s1. The maximum Gasteiger partial charge on any atom is 0.327 e. The minimum Gasteiger partial charge on any atom is -0.356 e. The van der Waals surface area contributed by atoms with Crippen molar-refractivity contribution in [3.63, 3.8) is 0 Å². The van der Waals surface area contributed by atoms with Gasteiger partial charge in [0.2, 0.25) is 0 Å². The molecule has 3 aliphatic rings. The Morgan fingerprint density at radius 3 is 2.61 bits per heavy atom. The van der Waals surface area contributed by atoms with Crippen LogP contribution in [0.25, 0.3) is 0 Å². The second-order valence-electron chi connectivity index (χ2n) is 6.89. The van der Waals surface area contributed by atoms with Crippen LogP contribution in [0.5, 0.6) is 0 Å². The second-order valence-corrected chi connectivity index (χ2v) is 6.89. The van der Waals surface area contributed by atoms with E-state index in [0.29, 0.717) is 6.54 Å². The third-order valence-corrected chi connectivity index (χ3v) is 5.56. The molecule has 23 heavy (non-hydrogen) atoms. The average molecular weight is 314 g/mol. The van der Waals surface area contributed by atoms with Crippen molar-refractivity contribution in [3.05, 3.63) is 24.4 Å². The first-order chi connectivity index (χ1) is 11.1. The number of hydrogen-bond acceptors (Lipinski definition) is 4. The summed E-state index contributed by atoms with van der Waals surface area (Å²) in [7, 11) is 0. The number of pyridine rings is 1. The molecule has 6 heteroatoms. The van der Waals surface area contributed by atoms with E-state index in [9.17, 15) is 9.59 Å². The van der Waals surface area contributed by atoms with Crippen LogP contribution in [0.3, 0.4) is 0 Å². The zero-order valence-corrected chi connectivity index (χ0v) is 13.4. The quantitative estimate of drug-likeness (QED) is 0.782. The maximum absolute atomic E-state index is 12.8. The fourth-order valence-electron chi connectivity index (χ4n) is 4.18. The summed E-state index contributed by atoms with van der Waals surface area (Å²) in [5.41, 5.74) is -0.588. The molecule has 3 aliphatic heterocycles. The number of hydrogen-bond donors (Lipinski definition) is 0. The zero-order chi connectivity index (χ0) is 16.0. The zero-order valence-electron chi connectivity index (χ0n) is 13.4. The Balaban J connectivity index is 1.47. The van der Waals surface area contributed by atoms with Gasteiger partial charge >= 0.3 is 6.03 Å². The number of aromatic nitrogens is 1. The highest BCUT2D eigenvalue weighted by atomic mass is 16.2. The summed E-state index contributed by atoms with van der Waals surface area (Å²) in [6.45, 7) is 4.29. The van der Waals surface area contributed by atoms with Gasteiger partial charge in [-0.1, -0.05) is 6.07 Å². The van der Waals surface area contributed by atoms with Crippen LogP contribution in [0.1, 0.15) is 32.6 Å². The number of piperidine rings is 1. The molecule has 0 N–H and O–H groups in total. The fourth-order valence-corrected chi connectivity index (χ4v) is 4.18. The van der Waals surface area contributed by atoms with E-state index < -0.39 is 5.54 Å². The van der Waals surface area contributed by atoms with Crippen molar-refractivity contribution in [2.75, 3.05) is 24.5 Å². The van der Waals surface area contributed by atoms with Gasteiger partial charge < -0.3 is 9.80 Å². The number of anilines is 1. The van der Waals surface area contributed by atoms with E-state index in [1.165, 1.54) is 0 Å². The van der Waals surface area contributed by atoms with Gasteiger partial charge in [0.25, 0.3) is 5.91 Å². The molecule has 4 rings (SSSR count). The van der Waals surface area contributed by atoms with Crippen molar-refractivity contribution >= 4 is 17.8 Å². The number of carbonyl (C=O) groups excluding carboxylic acids is 2. The summed E-state index contributed by atoms with van der Waals surface area (Å²) in [6, 6.07) is 5.84. The number of amides is 3. The van der Waals surface area contributed by atoms with Crippen molar-refractivity contribution < 1.29 is 9.59 Å². The first kappa shape index (κ1) is 14.5. The topological polar surface area (TPSA) is 56.8 Å². The number of nitrogens with zero attached hydrogens (tertiary/aromatic N) is 4. The fraction of sp³-hybridized carbons (Fsp3) is 0.588. The Kier molecular flexibility index (Phi) is 3.28. The summed E-state index contributed by atoms with van der Waals surface area (Å²) >= 11 is 0. The minimum atomic E-state index is -0.588. The largest absolute Gasteiger partial charge is 0.356 e.